The number of benzene rings is 1. The standard InChI is InChI=1S/C18H23N5O2/c1-13(2)6-7-20-18(24)23-15-5-3-4-14(17(15)21-16(23)12-19)22-8-10-25-11-9-22/h3-5,13H,6-11H2,1-2H3,(H,20,24). The highest BCUT2D eigenvalue weighted by Gasteiger charge is 2.21. The molecule has 1 aromatic heterocycles. The minimum Gasteiger partial charge on any atom is -0.378 e. The second-order valence-electron chi connectivity index (χ2n) is 6.54. The van der Waals surface area contributed by atoms with Crippen LogP contribution in [0.25, 0.3) is 11.0 Å². The predicted octanol–water partition coefficient (Wildman–Crippen LogP) is 2.35. The van der Waals surface area contributed by atoms with Gasteiger partial charge >= 0.3 is 6.03 Å². The molecule has 0 radical (unpaired) electrons. The number of nitriles is 1. The summed E-state index contributed by atoms with van der Waals surface area (Å²) < 4.78 is 6.78. The molecule has 132 valence electrons. The first kappa shape index (κ1) is 17.2. The maximum absolute atomic E-state index is 12.6. The molecular formula is C18H23N5O2. The Hall–Kier alpha value is -2.59. The van der Waals surface area contributed by atoms with Crippen molar-refractivity contribution in [1.29, 1.82) is 5.26 Å². The number of para-hydroxylation sites is 1. The van der Waals surface area contributed by atoms with Gasteiger partial charge in [-0.25, -0.2) is 14.3 Å². The summed E-state index contributed by atoms with van der Waals surface area (Å²) in [6, 6.07) is 7.44. The predicted molar refractivity (Wildman–Crippen MR) is 95.7 cm³/mol. The van der Waals surface area contributed by atoms with Crippen LogP contribution in [0.2, 0.25) is 0 Å². The average Bonchev–Trinajstić information content (AvgIpc) is 3.00. The van der Waals surface area contributed by atoms with Gasteiger partial charge in [-0.15, -0.1) is 0 Å². The van der Waals surface area contributed by atoms with Crippen LogP contribution in [0.3, 0.4) is 0 Å². The molecule has 0 bridgehead atoms. The molecule has 0 unspecified atom stereocenters. The molecule has 3 rings (SSSR count). The number of amides is 1. The number of anilines is 1. The van der Waals surface area contributed by atoms with Crippen molar-refractivity contribution in [2.45, 2.75) is 20.3 Å². The first-order valence-corrected chi connectivity index (χ1v) is 8.64. The zero-order valence-corrected chi connectivity index (χ0v) is 14.7. The number of hydrogen-bond acceptors (Lipinski definition) is 5. The van der Waals surface area contributed by atoms with Crippen molar-refractivity contribution in [1.82, 2.24) is 14.9 Å². The Labute approximate surface area is 147 Å². The molecule has 1 fully saturated rings. The lowest BCUT2D eigenvalue weighted by molar-refractivity contribution is 0.123. The third-order valence-corrected chi connectivity index (χ3v) is 4.32. The van der Waals surface area contributed by atoms with Gasteiger partial charge in [-0.1, -0.05) is 19.9 Å². The summed E-state index contributed by atoms with van der Waals surface area (Å²) >= 11 is 0. The van der Waals surface area contributed by atoms with Gasteiger partial charge in [0.2, 0.25) is 5.82 Å². The van der Waals surface area contributed by atoms with Gasteiger partial charge in [-0.3, -0.25) is 0 Å². The molecule has 1 amide bonds. The molecule has 0 spiro atoms. The first-order chi connectivity index (χ1) is 12.1. The fourth-order valence-electron chi connectivity index (χ4n) is 2.97. The van der Waals surface area contributed by atoms with E-state index in [2.05, 4.69) is 29.0 Å². The molecule has 2 heterocycles. The third-order valence-electron chi connectivity index (χ3n) is 4.32. The van der Waals surface area contributed by atoms with Crippen LogP contribution >= 0.6 is 0 Å². The number of nitrogens with one attached hydrogen (secondary N) is 1. The number of rotatable bonds is 4. The molecule has 2 aromatic rings. The van der Waals surface area contributed by atoms with Gasteiger partial charge < -0.3 is 15.0 Å². The molecule has 1 aliphatic rings. The fourth-order valence-corrected chi connectivity index (χ4v) is 2.97. The zero-order chi connectivity index (χ0) is 17.8. The van der Waals surface area contributed by atoms with Gasteiger partial charge in [0.15, 0.2) is 0 Å². The van der Waals surface area contributed by atoms with Crippen LogP contribution in [0.15, 0.2) is 18.2 Å². The number of carbonyl (C=O) groups excluding carboxylic acids is 1. The van der Waals surface area contributed by atoms with Gasteiger partial charge in [0.25, 0.3) is 0 Å². The number of carbonyl (C=O) groups is 1. The van der Waals surface area contributed by atoms with Crippen LogP contribution in [0.1, 0.15) is 26.1 Å². The Morgan fingerprint density at radius 3 is 2.84 bits per heavy atom. The average molecular weight is 341 g/mol. The number of hydrogen-bond donors (Lipinski definition) is 1. The maximum atomic E-state index is 12.6. The molecule has 1 aromatic carbocycles. The van der Waals surface area contributed by atoms with Crippen LogP contribution in [-0.2, 0) is 4.74 Å². The molecule has 7 heteroatoms. The minimum absolute atomic E-state index is 0.109. The quantitative estimate of drug-likeness (QED) is 0.923. The molecule has 1 aliphatic heterocycles. The van der Waals surface area contributed by atoms with Crippen molar-refractivity contribution < 1.29 is 9.53 Å². The van der Waals surface area contributed by atoms with E-state index in [4.69, 9.17) is 4.74 Å². The summed E-state index contributed by atoms with van der Waals surface area (Å²) in [5.74, 6) is 0.612. The molecule has 0 saturated carbocycles. The lowest BCUT2D eigenvalue weighted by atomic mass is 10.1. The van der Waals surface area contributed by atoms with Crippen LogP contribution < -0.4 is 10.2 Å². The summed E-state index contributed by atoms with van der Waals surface area (Å²) in [7, 11) is 0. The van der Waals surface area contributed by atoms with Crippen molar-refractivity contribution in [3.8, 4) is 6.07 Å². The second-order valence-corrected chi connectivity index (χ2v) is 6.54. The molecule has 7 nitrogen and oxygen atoms in total. The number of nitrogens with zero attached hydrogens (tertiary/aromatic N) is 4. The van der Waals surface area contributed by atoms with Crippen molar-refractivity contribution in [3.05, 3.63) is 24.0 Å². The van der Waals surface area contributed by atoms with Crippen molar-refractivity contribution in [3.63, 3.8) is 0 Å². The van der Waals surface area contributed by atoms with Crippen LogP contribution in [0.5, 0.6) is 0 Å². The minimum atomic E-state index is -0.307. The second kappa shape index (κ2) is 7.53. The highest BCUT2D eigenvalue weighted by Crippen LogP contribution is 2.27. The number of morpholine rings is 1. The van der Waals surface area contributed by atoms with E-state index in [1.54, 1.807) is 0 Å². The van der Waals surface area contributed by atoms with Gasteiger partial charge in [-0.05, 0) is 24.5 Å². The van der Waals surface area contributed by atoms with Crippen molar-refractivity contribution in [2.75, 3.05) is 37.7 Å². The molecule has 25 heavy (non-hydrogen) atoms. The fraction of sp³-hybridized carbons (Fsp3) is 0.500. The molecule has 0 aliphatic carbocycles. The Balaban J connectivity index is 1.95. The summed E-state index contributed by atoms with van der Waals surface area (Å²) in [6.45, 7) is 7.66. The van der Waals surface area contributed by atoms with Gasteiger partial charge in [0.05, 0.1) is 24.4 Å². The largest absolute Gasteiger partial charge is 0.378 e. The van der Waals surface area contributed by atoms with Crippen LogP contribution in [-0.4, -0.2) is 48.4 Å². The Bertz CT molecular complexity index is 800. The zero-order valence-electron chi connectivity index (χ0n) is 14.7. The Morgan fingerprint density at radius 1 is 1.40 bits per heavy atom. The highest BCUT2D eigenvalue weighted by atomic mass is 16.5. The summed E-state index contributed by atoms with van der Waals surface area (Å²) in [6.07, 6.45) is 0.888. The van der Waals surface area contributed by atoms with E-state index in [-0.39, 0.29) is 11.9 Å². The smallest absolute Gasteiger partial charge is 0.328 e. The Kier molecular flexibility index (Phi) is 5.19. The topological polar surface area (TPSA) is 83.2 Å². The van der Waals surface area contributed by atoms with E-state index >= 15 is 0 Å². The van der Waals surface area contributed by atoms with Gasteiger partial charge in [0, 0.05) is 19.6 Å². The van der Waals surface area contributed by atoms with E-state index in [9.17, 15) is 10.1 Å². The van der Waals surface area contributed by atoms with Crippen molar-refractivity contribution in [2.24, 2.45) is 5.92 Å². The number of ether oxygens (including phenoxy) is 1. The first-order valence-electron chi connectivity index (χ1n) is 8.64. The normalized spacial score (nSPS) is 14.7. The van der Waals surface area contributed by atoms with Gasteiger partial charge in [-0.2, -0.15) is 5.26 Å². The molecule has 0 atom stereocenters. The highest BCUT2D eigenvalue weighted by molar-refractivity contribution is 5.96. The van der Waals surface area contributed by atoms with E-state index in [0.717, 1.165) is 25.2 Å². The summed E-state index contributed by atoms with van der Waals surface area (Å²) in [4.78, 5) is 19.2. The lowest BCUT2D eigenvalue weighted by Crippen LogP contribution is -2.36. The monoisotopic (exact) mass is 341 g/mol. The molecule has 1 N–H and O–H groups in total. The van der Waals surface area contributed by atoms with E-state index in [1.165, 1.54) is 4.57 Å². The van der Waals surface area contributed by atoms with E-state index in [1.807, 2.05) is 24.3 Å². The molecule has 1 saturated heterocycles. The lowest BCUT2D eigenvalue weighted by Gasteiger charge is -2.28. The third kappa shape index (κ3) is 3.59. The maximum Gasteiger partial charge on any atom is 0.328 e. The summed E-state index contributed by atoms with van der Waals surface area (Å²) in [5.41, 5.74) is 2.27. The van der Waals surface area contributed by atoms with Gasteiger partial charge in [0.1, 0.15) is 11.6 Å². The van der Waals surface area contributed by atoms with Crippen LogP contribution in [0, 0.1) is 17.2 Å². The molecular weight excluding hydrogens is 318 g/mol. The Morgan fingerprint density at radius 2 is 2.16 bits per heavy atom. The number of aromatic nitrogens is 2. The van der Waals surface area contributed by atoms with Crippen LogP contribution in [0.4, 0.5) is 10.5 Å². The van der Waals surface area contributed by atoms with E-state index < -0.39 is 0 Å². The summed E-state index contributed by atoms with van der Waals surface area (Å²) in [5, 5.41) is 12.3. The SMILES string of the molecule is CC(C)CCNC(=O)n1c(C#N)nc2c(N3CCOCC3)cccc21. The number of fused-ring (bicyclic) bond motifs is 1. The van der Waals surface area contributed by atoms with Crippen molar-refractivity contribution >= 4 is 22.8 Å². The number of imidazole rings is 1. The van der Waals surface area contributed by atoms with E-state index in [0.29, 0.717) is 36.7 Å².